The topological polar surface area (TPSA) is 34.1 Å². The minimum atomic E-state index is -0.384. The van der Waals surface area contributed by atoms with Gasteiger partial charge in [0, 0.05) is 5.56 Å². The van der Waals surface area contributed by atoms with Crippen LogP contribution in [0.5, 0.6) is 0 Å². The summed E-state index contributed by atoms with van der Waals surface area (Å²) in [5.74, 6) is -0.763. The molecule has 0 bridgehead atoms. The van der Waals surface area contributed by atoms with Crippen LogP contribution in [0.1, 0.15) is 34.3 Å². The molecule has 1 aromatic rings. The van der Waals surface area contributed by atoms with E-state index in [0.29, 0.717) is 5.56 Å². The second kappa shape index (κ2) is 4.91. The van der Waals surface area contributed by atoms with E-state index < -0.39 is 0 Å². The molecule has 0 N–H and O–H groups in total. The van der Waals surface area contributed by atoms with Gasteiger partial charge in [-0.05, 0) is 42.9 Å². The highest BCUT2D eigenvalue weighted by Crippen LogP contribution is 2.22. The van der Waals surface area contributed by atoms with Gasteiger partial charge >= 0.3 is 0 Å². The molecule has 0 radical (unpaired) electrons. The molecule has 0 fully saturated rings. The third-order valence-electron chi connectivity index (χ3n) is 2.99. The lowest BCUT2D eigenvalue weighted by Crippen LogP contribution is -2.16. The Morgan fingerprint density at radius 1 is 1.12 bits per heavy atom. The van der Waals surface area contributed by atoms with Crippen LogP contribution in [0, 0.1) is 0 Å². The third kappa shape index (κ3) is 2.24. The van der Waals surface area contributed by atoms with Crippen LogP contribution in [-0.2, 0) is 17.6 Å². The highest BCUT2D eigenvalue weighted by atomic mass is 79.9. The molecule has 0 heterocycles. The molecule has 0 spiro atoms. The maximum absolute atomic E-state index is 11.7. The summed E-state index contributed by atoms with van der Waals surface area (Å²) in [7, 11) is 0. The fourth-order valence-electron chi connectivity index (χ4n) is 2.10. The number of carbonyl (C=O) groups excluding carboxylic acids is 2. The summed E-state index contributed by atoms with van der Waals surface area (Å²) < 4.78 is 0. The van der Waals surface area contributed by atoms with Crippen LogP contribution in [-0.4, -0.2) is 16.9 Å². The molecule has 1 aromatic carbocycles. The molecule has 0 atom stereocenters. The molecule has 0 aliphatic heterocycles. The monoisotopic (exact) mass is 280 g/mol. The van der Waals surface area contributed by atoms with E-state index in [1.807, 2.05) is 12.1 Å². The molecule has 16 heavy (non-hydrogen) atoms. The lowest BCUT2D eigenvalue weighted by Gasteiger charge is -2.15. The maximum atomic E-state index is 11.7. The van der Waals surface area contributed by atoms with E-state index in [1.54, 1.807) is 6.07 Å². The predicted octanol–water partition coefficient (Wildman–Crippen LogP) is 2.71. The van der Waals surface area contributed by atoms with Gasteiger partial charge in [-0.1, -0.05) is 28.1 Å². The fraction of sp³-hybridized carbons (Fsp3) is 0.385. The van der Waals surface area contributed by atoms with Crippen molar-refractivity contribution < 1.29 is 9.59 Å². The Bertz CT molecular complexity index is 438. The highest BCUT2D eigenvalue weighted by Gasteiger charge is 2.17. The van der Waals surface area contributed by atoms with Crippen molar-refractivity contribution in [2.75, 3.05) is 5.33 Å². The largest absolute Gasteiger partial charge is 0.290 e. The molecule has 0 amide bonds. The van der Waals surface area contributed by atoms with Gasteiger partial charge in [0.05, 0.1) is 5.33 Å². The van der Waals surface area contributed by atoms with Crippen LogP contribution in [0.4, 0.5) is 0 Å². The maximum Gasteiger partial charge on any atom is 0.229 e. The van der Waals surface area contributed by atoms with E-state index in [1.165, 1.54) is 24.0 Å². The summed E-state index contributed by atoms with van der Waals surface area (Å²) >= 11 is 3.02. The van der Waals surface area contributed by atoms with Gasteiger partial charge in [0.15, 0.2) is 0 Å². The molecule has 0 saturated carbocycles. The quantitative estimate of drug-likeness (QED) is 0.485. The average molecular weight is 281 g/mol. The Balaban J connectivity index is 2.30. The standard InChI is InChI=1S/C13H13BrO2/c14-8-12(15)13(16)11-6-5-9-3-1-2-4-10(9)7-11/h5-7H,1-4,8H2. The number of Topliss-reactive ketones (excluding diaryl/α,β-unsaturated/α-hetero) is 2. The zero-order valence-corrected chi connectivity index (χ0v) is 10.5. The van der Waals surface area contributed by atoms with E-state index in [9.17, 15) is 9.59 Å². The Kier molecular flexibility index (Phi) is 3.54. The number of aryl methyl sites for hydroxylation is 2. The molecule has 3 heteroatoms. The molecule has 2 nitrogen and oxygen atoms in total. The average Bonchev–Trinajstić information content (AvgIpc) is 2.36. The summed E-state index contributed by atoms with van der Waals surface area (Å²) in [6.45, 7) is 0. The van der Waals surface area contributed by atoms with Gasteiger partial charge < -0.3 is 0 Å². The van der Waals surface area contributed by atoms with Crippen molar-refractivity contribution in [2.24, 2.45) is 0 Å². The fourth-order valence-corrected chi connectivity index (χ4v) is 2.35. The number of ketones is 2. The Hall–Kier alpha value is -0.960. The van der Waals surface area contributed by atoms with Crippen molar-refractivity contribution >= 4 is 27.5 Å². The second-order valence-electron chi connectivity index (χ2n) is 4.08. The Morgan fingerprint density at radius 3 is 2.50 bits per heavy atom. The van der Waals surface area contributed by atoms with Gasteiger partial charge in [-0.25, -0.2) is 0 Å². The summed E-state index contributed by atoms with van der Waals surface area (Å²) in [5, 5.41) is 0.100. The van der Waals surface area contributed by atoms with Gasteiger partial charge in [-0.15, -0.1) is 0 Å². The summed E-state index contributed by atoms with van der Waals surface area (Å²) in [6.07, 6.45) is 4.52. The van der Waals surface area contributed by atoms with Gasteiger partial charge in [-0.3, -0.25) is 9.59 Å². The first-order valence-electron chi connectivity index (χ1n) is 5.47. The number of hydrogen-bond acceptors (Lipinski definition) is 2. The van der Waals surface area contributed by atoms with E-state index in [-0.39, 0.29) is 16.9 Å². The van der Waals surface area contributed by atoms with Crippen molar-refractivity contribution in [2.45, 2.75) is 25.7 Å². The van der Waals surface area contributed by atoms with Crippen molar-refractivity contribution in [3.63, 3.8) is 0 Å². The normalized spacial score (nSPS) is 14.3. The zero-order chi connectivity index (χ0) is 11.5. The van der Waals surface area contributed by atoms with Gasteiger partial charge in [0.1, 0.15) is 0 Å². The number of fused-ring (bicyclic) bond motifs is 1. The number of carbonyl (C=O) groups is 2. The number of halogens is 1. The van der Waals surface area contributed by atoms with Crippen LogP contribution in [0.15, 0.2) is 18.2 Å². The molecule has 0 saturated heterocycles. The summed E-state index contributed by atoms with van der Waals surface area (Å²) in [4.78, 5) is 23.0. The Morgan fingerprint density at radius 2 is 1.81 bits per heavy atom. The van der Waals surface area contributed by atoms with Gasteiger partial charge in [0.25, 0.3) is 0 Å². The van der Waals surface area contributed by atoms with Gasteiger partial charge in [0.2, 0.25) is 11.6 Å². The first-order chi connectivity index (χ1) is 7.72. The van der Waals surface area contributed by atoms with E-state index >= 15 is 0 Å². The van der Waals surface area contributed by atoms with Crippen molar-refractivity contribution in [3.05, 3.63) is 34.9 Å². The molecule has 84 valence electrons. The predicted molar refractivity (Wildman–Crippen MR) is 66.2 cm³/mol. The molecule has 2 rings (SSSR count). The number of benzene rings is 1. The first-order valence-corrected chi connectivity index (χ1v) is 6.60. The Labute approximate surface area is 103 Å². The third-order valence-corrected chi connectivity index (χ3v) is 3.49. The lowest BCUT2D eigenvalue weighted by atomic mass is 9.89. The van der Waals surface area contributed by atoms with Crippen LogP contribution in [0.3, 0.4) is 0 Å². The van der Waals surface area contributed by atoms with Crippen LogP contribution < -0.4 is 0 Å². The number of rotatable bonds is 3. The van der Waals surface area contributed by atoms with Crippen LogP contribution >= 0.6 is 15.9 Å². The summed E-state index contributed by atoms with van der Waals surface area (Å²) in [6, 6.07) is 5.65. The molecule has 0 aromatic heterocycles. The van der Waals surface area contributed by atoms with Crippen molar-refractivity contribution in [3.8, 4) is 0 Å². The van der Waals surface area contributed by atoms with Crippen molar-refractivity contribution in [1.29, 1.82) is 0 Å². The van der Waals surface area contributed by atoms with Crippen LogP contribution in [0.25, 0.3) is 0 Å². The van der Waals surface area contributed by atoms with Crippen LogP contribution in [0.2, 0.25) is 0 Å². The number of hydrogen-bond donors (Lipinski definition) is 0. The molecule has 1 aliphatic rings. The molecular weight excluding hydrogens is 268 g/mol. The molecule has 0 unspecified atom stereocenters. The lowest BCUT2D eigenvalue weighted by molar-refractivity contribution is -0.112. The number of alkyl halides is 1. The minimum Gasteiger partial charge on any atom is -0.290 e. The second-order valence-corrected chi connectivity index (χ2v) is 4.64. The van der Waals surface area contributed by atoms with E-state index in [2.05, 4.69) is 15.9 Å². The summed E-state index contributed by atoms with van der Waals surface area (Å²) in [5.41, 5.74) is 3.10. The first kappa shape index (κ1) is 11.5. The van der Waals surface area contributed by atoms with E-state index in [0.717, 1.165) is 12.8 Å². The molecule has 1 aliphatic carbocycles. The minimum absolute atomic E-state index is 0.100. The van der Waals surface area contributed by atoms with Crippen molar-refractivity contribution in [1.82, 2.24) is 0 Å². The smallest absolute Gasteiger partial charge is 0.229 e. The van der Waals surface area contributed by atoms with Gasteiger partial charge in [-0.2, -0.15) is 0 Å². The SMILES string of the molecule is O=C(CBr)C(=O)c1ccc2c(c1)CCCC2. The van der Waals surface area contributed by atoms with E-state index in [4.69, 9.17) is 0 Å². The zero-order valence-electron chi connectivity index (χ0n) is 8.96. The molecular formula is C13H13BrO2. The highest BCUT2D eigenvalue weighted by molar-refractivity contribution is 9.09.